The van der Waals surface area contributed by atoms with Crippen LogP contribution in [0.1, 0.15) is 0 Å². The minimum absolute atomic E-state index is 0.0734. The van der Waals surface area contributed by atoms with Gasteiger partial charge in [0.1, 0.15) is 23.4 Å². The van der Waals surface area contributed by atoms with Crippen LogP contribution in [-0.4, -0.2) is 27.7 Å². The van der Waals surface area contributed by atoms with Crippen molar-refractivity contribution in [3.8, 4) is 5.75 Å². The van der Waals surface area contributed by atoms with Crippen molar-refractivity contribution in [2.45, 2.75) is 15.9 Å². The highest BCUT2D eigenvalue weighted by Gasteiger charge is 2.27. The van der Waals surface area contributed by atoms with Crippen molar-refractivity contribution in [1.82, 2.24) is 0 Å². The van der Waals surface area contributed by atoms with E-state index >= 15 is 0 Å². The van der Waals surface area contributed by atoms with Gasteiger partial charge in [0.25, 0.3) is 0 Å². The summed E-state index contributed by atoms with van der Waals surface area (Å²) in [6, 6.07) is 13.4. The number of para-hydroxylation sites is 1. The van der Waals surface area contributed by atoms with Crippen LogP contribution in [0.3, 0.4) is 0 Å². The number of sulfone groups is 1. The Bertz CT molecular complexity index is 754. The van der Waals surface area contributed by atoms with Crippen molar-refractivity contribution >= 4 is 25.8 Å². The molecule has 0 radical (unpaired) electrons. The van der Waals surface area contributed by atoms with E-state index in [0.717, 1.165) is 0 Å². The fourth-order valence-electron chi connectivity index (χ4n) is 1.92. The average molecular weight is 369 g/mol. The summed E-state index contributed by atoms with van der Waals surface area (Å²) in [6.45, 7) is 1.03. The summed E-state index contributed by atoms with van der Waals surface area (Å²) >= 11 is 3.29. The summed E-state index contributed by atoms with van der Waals surface area (Å²) in [5.74, 6) is 0.351. The highest BCUT2D eigenvalue weighted by molar-refractivity contribution is 9.10. The predicted octanol–water partition coefficient (Wildman–Crippen LogP) is 3.06. The molecule has 4 nitrogen and oxygen atoms in total. The van der Waals surface area contributed by atoms with Crippen molar-refractivity contribution in [1.29, 1.82) is 0 Å². The van der Waals surface area contributed by atoms with E-state index in [4.69, 9.17) is 9.47 Å². The lowest BCUT2D eigenvalue weighted by Crippen LogP contribution is -2.09. The third-order valence-corrected chi connectivity index (χ3v) is 5.90. The molecule has 3 rings (SSSR count). The van der Waals surface area contributed by atoms with Crippen LogP contribution in [0.15, 0.2) is 62.8 Å². The molecule has 1 saturated heterocycles. The van der Waals surface area contributed by atoms with E-state index in [1.54, 1.807) is 48.5 Å². The highest BCUT2D eigenvalue weighted by Crippen LogP contribution is 2.33. The van der Waals surface area contributed by atoms with Gasteiger partial charge in [0, 0.05) is 4.47 Å². The van der Waals surface area contributed by atoms with E-state index in [1.807, 2.05) is 0 Å². The zero-order chi connectivity index (χ0) is 14.9. The number of rotatable bonds is 5. The number of epoxide rings is 1. The van der Waals surface area contributed by atoms with E-state index in [-0.39, 0.29) is 15.9 Å². The lowest BCUT2D eigenvalue weighted by Gasteiger charge is -2.12. The van der Waals surface area contributed by atoms with Crippen LogP contribution in [0.2, 0.25) is 0 Å². The molecule has 110 valence electrons. The molecular weight excluding hydrogens is 356 g/mol. The van der Waals surface area contributed by atoms with Gasteiger partial charge >= 0.3 is 0 Å². The minimum Gasteiger partial charge on any atom is -0.489 e. The summed E-state index contributed by atoms with van der Waals surface area (Å²) in [4.78, 5) is 0.390. The van der Waals surface area contributed by atoms with E-state index in [1.165, 1.54) is 0 Å². The zero-order valence-electron chi connectivity index (χ0n) is 11.0. The Labute approximate surface area is 131 Å². The summed E-state index contributed by atoms with van der Waals surface area (Å²) < 4.78 is 36.8. The van der Waals surface area contributed by atoms with Gasteiger partial charge < -0.3 is 9.47 Å². The Balaban J connectivity index is 2.00. The zero-order valence-corrected chi connectivity index (χ0v) is 13.4. The molecule has 0 N–H and O–H groups in total. The minimum atomic E-state index is -3.64. The van der Waals surface area contributed by atoms with Gasteiger partial charge in [-0.05, 0) is 40.2 Å². The van der Waals surface area contributed by atoms with Crippen LogP contribution in [0.5, 0.6) is 5.75 Å². The van der Waals surface area contributed by atoms with Gasteiger partial charge in [0.15, 0.2) is 0 Å². The third-order valence-electron chi connectivity index (χ3n) is 3.09. The molecule has 0 bridgehead atoms. The number of hydrogen-bond acceptors (Lipinski definition) is 4. The number of ether oxygens (including phenoxy) is 2. The van der Waals surface area contributed by atoms with Gasteiger partial charge in [-0.1, -0.05) is 24.3 Å². The molecule has 0 spiro atoms. The Morgan fingerprint density at radius 3 is 2.38 bits per heavy atom. The quantitative estimate of drug-likeness (QED) is 0.761. The van der Waals surface area contributed by atoms with E-state index in [9.17, 15) is 8.42 Å². The number of hydrogen-bond donors (Lipinski definition) is 0. The Morgan fingerprint density at radius 1 is 1.10 bits per heavy atom. The molecule has 0 amide bonds. The monoisotopic (exact) mass is 368 g/mol. The lowest BCUT2D eigenvalue weighted by molar-refractivity contribution is 0.258. The maximum absolute atomic E-state index is 12.8. The van der Waals surface area contributed by atoms with Crippen LogP contribution in [0, 0.1) is 0 Å². The maximum Gasteiger partial charge on any atom is 0.211 e. The summed E-state index contributed by atoms with van der Waals surface area (Å²) in [7, 11) is -3.64. The summed E-state index contributed by atoms with van der Waals surface area (Å²) in [5.41, 5.74) is 0. The molecule has 1 unspecified atom stereocenters. The first-order valence-electron chi connectivity index (χ1n) is 6.42. The molecule has 1 heterocycles. The molecule has 1 aliphatic heterocycles. The second-order valence-corrected chi connectivity index (χ2v) is 7.39. The molecule has 1 aliphatic rings. The van der Waals surface area contributed by atoms with Crippen LogP contribution >= 0.6 is 15.9 Å². The van der Waals surface area contributed by atoms with Gasteiger partial charge in [0.05, 0.1) is 11.5 Å². The standard InChI is InChI=1S/C15H13BrO4S/c16-12-5-1-3-7-14(12)21(17,18)15-8-4-2-6-13(15)20-10-11-9-19-11/h1-8,11H,9-10H2. The van der Waals surface area contributed by atoms with Gasteiger partial charge in [-0.2, -0.15) is 0 Å². The normalized spacial score (nSPS) is 17.5. The molecule has 1 atom stereocenters. The predicted molar refractivity (Wildman–Crippen MR) is 81.3 cm³/mol. The highest BCUT2D eigenvalue weighted by atomic mass is 79.9. The molecule has 21 heavy (non-hydrogen) atoms. The van der Waals surface area contributed by atoms with E-state index in [2.05, 4.69) is 15.9 Å². The first-order valence-corrected chi connectivity index (χ1v) is 8.70. The van der Waals surface area contributed by atoms with Crippen molar-refractivity contribution < 1.29 is 17.9 Å². The van der Waals surface area contributed by atoms with E-state index < -0.39 is 9.84 Å². The Kier molecular flexibility index (Phi) is 4.01. The average Bonchev–Trinajstić information content (AvgIpc) is 3.30. The van der Waals surface area contributed by atoms with Crippen LogP contribution in [-0.2, 0) is 14.6 Å². The number of halogens is 1. The van der Waals surface area contributed by atoms with Crippen molar-refractivity contribution in [3.63, 3.8) is 0 Å². The van der Waals surface area contributed by atoms with Crippen LogP contribution in [0.25, 0.3) is 0 Å². The van der Waals surface area contributed by atoms with Gasteiger partial charge in [-0.25, -0.2) is 8.42 Å². The first kappa shape index (κ1) is 14.6. The fourth-order valence-corrected chi connectivity index (χ4v) is 4.31. The summed E-state index contributed by atoms with van der Waals surface area (Å²) in [6.07, 6.45) is 0.0734. The van der Waals surface area contributed by atoms with E-state index in [0.29, 0.717) is 23.4 Å². The van der Waals surface area contributed by atoms with Gasteiger partial charge in [-0.3, -0.25) is 0 Å². The van der Waals surface area contributed by atoms with Crippen LogP contribution in [0.4, 0.5) is 0 Å². The second-order valence-electron chi connectivity index (χ2n) is 4.65. The van der Waals surface area contributed by atoms with Crippen molar-refractivity contribution in [2.24, 2.45) is 0 Å². The summed E-state index contributed by atoms with van der Waals surface area (Å²) in [5, 5.41) is 0. The Morgan fingerprint density at radius 2 is 1.71 bits per heavy atom. The molecular formula is C15H13BrO4S. The molecule has 2 aromatic rings. The third kappa shape index (κ3) is 3.12. The molecule has 2 aromatic carbocycles. The topological polar surface area (TPSA) is 55.9 Å². The largest absolute Gasteiger partial charge is 0.489 e. The first-order chi connectivity index (χ1) is 10.1. The van der Waals surface area contributed by atoms with Gasteiger partial charge in [-0.15, -0.1) is 0 Å². The second kappa shape index (κ2) is 5.79. The van der Waals surface area contributed by atoms with Crippen molar-refractivity contribution in [2.75, 3.05) is 13.2 Å². The maximum atomic E-state index is 12.8. The SMILES string of the molecule is O=S(=O)(c1ccccc1Br)c1ccccc1OCC1CO1. The molecule has 0 aromatic heterocycles. The molecule has 6 heteroatoms. The van der Waals surface area contributed by atoms with Gasteiger partial charge in [0.2, 0.25) is 9.84 Å². The fraction of sp³-hybridized carbons (Fsp3) is 0.200. The van der Waals surface area contributed by atoms with Crippen molar-refractivity contribution in [3.05, 3.63) is 53.0 Å². The number of benzene rings is 2. The molecule has 1 fully saturated rings. The molecule has 0 aliphatic carbocycles. The lowest BCUT2D eigenvalue weighted by atomic mass is 10.3. The molecule has 0 saturated carbocycles. The van der Waals surface area contributed by atoms with Crippen LogP contribution < -0.4 is 4.74 Å². The smallest absolute Gasteiger partial charge is 0.211 e. The Hall–Kier alpha value is -1.37.